The van der Waals surface area contributed by atoms with Crippen LogP contribution >= 0.6 is 11.6 Å². The van der Waals surface area contributed by atoms with Crippen molar-refractivity contribution >= 4 is 17.3 Å². The first kappa shape index (κ1) is 21.8. The normalized spacial score (nSPS) is 14.9. The highest BCUT2D eigenvalue weighted by atomic mass is 35.5. The van der Waals surface area contributed by atoms with Crippen molar-refractivity contribution in [2.24, 2.45) is 0 Å². The molecule has 7 heteroatoms. The van der Waals surface area contributed by atoms with Gasteiger partial charge in [0.25, 0.3) is 0 Å². The van der Waals surface area contributed by atoms with Crippen molar-refractivity contribution in [2.75, 3.05) is 44.2 Å². The maximum Gasteiger partial charge on any atom is 0.208 e. The lowest BCUT2D eigenvalue weighted by atomic mass is 10.1. The fourth-order valence-corrected chi connectivity index (χ4v) is 4.03. The lowest BCUT2D eigenvalue weighted by Gasteiger charge is -2.36. The Balaban J connectivity index is 1.16. The van der Waals surface area contributed by atoms with Gasteiger partial charge in [-0.3, -0.25) is 4.90 Å². The van der Waals surface area contributed by atoms with E-state index >= 15 is 0 Å². The second-order valence-electron chi connectivity index (χ2n) is 7.85. The first-order valence-corrected chi connectivity index (χ1v) is 11.1. The van der Waals surface area contributed by atoms with E-state index in [4.69, 9.17) is 16.0 Å². The molecule has 0 bridgehead atoms. The first-order valence-electron chi connectivity index (χ1n) is 10.7. The van der Waals surface area contributed by atoms with Crippen molar-refractivity contribution < 1.29 is 8.81 Å². The average molecular weight is 443 g/mol. The molecule has 1 saturated heterocycles. The van der Waals surface area contributed by atoms with Gasteiger partial charge in [0, 0.05) is 42.5 Å². The third kappa shape index (κ3) is 5.85. The monoisotopic (exact) mass is 442 g/mol. The van der Waals surface area contributed by atoms with Gasteiger partial charge in [-0.1, -0.05) is 11.6 Å². The second kappa shape index (κ2) is 10.3. The van der Waals surface area contributed by atoms with Crippen LogP contribution in [-0.2, 0) is 6.54 Å². The van der Waals surface area contributed by atoms with Crippen LogP contribution in [0.25, 0.3) is 11.3 Å². The summed E-state index contributed by atoms with van der Waals surface area (Å²) in [5.41, 5.74) is 2.88. The zero-order valence-electron chi connectivity index (χ0n) is 17.8. The van der Waals surface area contributed by atoms with E-state index in [1.54, 1.807) is 12.1 Å². The number of nitrogens with one attached hydrogen (secondary N) is 1. The summed E-state index contributed by atoms with van der Waals surface area (Å²) in [6.07, 6.45) is 1.07. The van der Waals surface area contributed by atoms with Crippen molar-refractivity contribution in [3.8, 4) is 11.3 Å². The van der Waals surface area contributed by atoms with Crippen molar-refractivity contribution in [1.82, 2.24) is 15.2 Å². The number of benzene rings is 2. The molecule has 1 aliphatic heterocycles. The molecule has 0 aliphatic carbocycles. The minimum absolute atomic E-state index is 0.252. The van der Waals surface area contributed by atoms with E-state index in [1.807, 2.05) is 19.1 Å². The highest BCUT2D eigenvalue weighted by Gasteiger charge is 2.17. The molecule has 0 radical (unpaired) electrons. The Morgan fingerprint density at radius 2 is 1.74 bits per heavy atom. The van der Waals surface area contributed by atoms with Gasteiger partial charge < -0.3 is 14.6 Å². The number of piperazine rings is 1. The Bertz CT molecular complexity index is 966. The standard InChI is InChI=1S/C24H28ClFN4O/c1-18-24(19-3-7-21(26)8-4-19)28-23(31-18)17-27-11-2-12-29-13-15-30(16-14-29)22-9-5-20(25)6-10-22/h3-10,27H,2,11-17H2,1H3. The number of halogens is 2. The molecule has 4 rings (SSSR count). The molecular weight excluding hydrogens is 415 g/mol. The van der Waals surface area contributed by atoms with Gasteiger partial charge in [0.2, 0.25) is 5.89 Å². The molecule has 5 nitrogen and oxygen atoms in total. The molecule has 2 aromatic carbocycles. The van der Waals surface area contributed by atoms with E-state index in [0.29, 0.717) is 12.4 Å². The lowest BCUT2D eigenvalue weighted by Crippen LogP contribution is -2.46. The number of nitrogens with zero attached hydrogens (tertiary/aromatic N) is 3. The number of aryl methyl sites for hydroxylation is 1. The predicted molar refractivity (Wildman–Crippen MR) is 123 cm³/mol. The number of hydrogen-bond donors (Lipinski definition) is 1. The van der Waals surface area contributed by atoms with Crippen LogP contribution in [0.3, 0.4) is 0 Å². The highest BCUT2D eigenvalue weighted by molar-refractivity contribution is 6.30. The zero-order chi connectivity index (χ0) is 21.6. The van der Waals surface area contributed by atoms with E-state index in [-0.39, 0.29) is 5.82 Å². The van der Waals surface area contributed by atoms with Crippen molar-refractivity contribution in [2.45, 2.75) is 19.9 Å². The molecule has 1 N–H and O–H groups in total. The molecule has 1 fully saturated rings. The molecule has 0 atom stereocenters. The smallest absolute Gasteiger partial charge is 0.208 e. The predicted octanol–water partition coefficient (Wildman–Crippen LogP) is 4.74. The number of aromatic nitrogens is 1. The molecule has 0 unspecified atom stereocenters. The molecule has 31 heavy (non-hydrogen) atoms. The average Bonchev–Trinajstić information content (AvgIpc) is 3.15. The van der Waals surface area contributed by atoms with Gasteiger partial charge in [0.05, 0.1) is 6.54 Å². The van der Waals surface area contributed by atoms with Gasteiger partial charge in [-0.05, 0) is 75.0 Å². The summed E-state index contributed by atoms with van der Waals surface area (Å²) in [6, 6.07) is 14.4. The summed E-state index contributed by atoms with van der Waals surface area (Å²) in [4.78, 5) is 9.49. The van der Waals surface area contributed by atoms with Gasteiger partial charge in [-0.25, -0.2) is 9.37 Å². The van der Waals surface area contributed by atoms with Crippen LogP contribution in [0.4, 0.5) is 10.1 Å². The van der Waals surface area contributed by atoms with Gasteiger partial charge in [-0.2, -0.15) is 0 Å². The molecule has 0 amide bonds. The Hall–Kier alpha value is -2.41. The van der Waals surface area contributed by atoms with E-state index < -0.39 is 0 Å². The fraction of sp³-hybridized carbons (Fsp3) is 0.375. The number of oxazole rings is 1. The molecule has 164 valence electrons. The largest absolute Gasteiger partial charge is 0.444 e. The number of anilines is 1. The van der Waals surface area contributed by atoms with Crippen LogP contribution < -0.4 is 10.2 Å². The second-order valence-corrected chi connectivity index (χ2v) is 8.29. The van der Waals surface area contributed by atoms with Crippen LogP contribution in [0, 0.1) is 12.7 Å². The summed E-state index contributed by atoms with van der Waals surface area (Å²) >= 11 is 5.98. The van der Waals surface area contributed by atoms with Crippen LogP contribution in [0.5, 0.6) is 0 Å². The Labute approximate surface area is 187 Å². The summed E-state index contributed by atoms with van der Waals surface area (Å²) in [7, 11) is 0. The first-order chi connectivity index (χ1) is 15.1. The van der Waals surface area contributed by atoms with Gasteiger partial charge in [0.15, 0.2) is 0 Å². The summed E-state index contributed by atoms with van der Waals surface area (Å²) in [5, 5.41) is 4.20. The highest BCUT2D eigenvalue weighted by Crippen LogP contribution is 2.23. The van der Waals surface area contributed by atoms with Crippen molar-refractivity contribution in [3.05, 3.63) is 71.0 Å². The van der Waals surface area contributed by atoms with Crippen LogP contribution in [0.15, 0.2) is 52.9 Å². The Kier molecular flexibility index (Phi) is 7.22. The minimum Gasteiger partial charge on any atom is -0.444 e. The maximum absolute atomic E-state index is 13.1. The molecular formula is C24H28ClFN4O. The minimum atomic E-state index is -0.252. The van der Waals surface area contributed by atoms with E-state index in [2.05, 4.69) is 32.2 Å². The van der Waals surface area contributed by atoms with Gasteiger partial charge in [0.1, 0.15) is 17.3 Å². The quantitative estimate of drug-likeness (QED) is 0.510. The fourth-order valence-electron chi connectivity index (χ4n) is 3.91. The molecule has 3 aromatic rings. The van der Waals surface area contributed by atoms with Crippen molar-refractivity contribution in [1.29, 1.82) is 0 Å². The van der Waals surface area contributed by atoms with Crippen molar-refractivity contribution in [3.63, 3.8) is 0 Å². The van der Waals surface area contributed by atoms with Gasteiger partial charge >= 0.3 is 0 Å². The summed E-state index contributed by atoms with van der Waals surface area (Å²) < 4.78 is 18.9. The molecule has 0 spiro atoms. The molecule has 0 saturated carbocycles. The number of hydrogen-bond acceptors (Lipinski definition) is 5. The third-order valence-corrected chi connectivity index (χ3v) is 5.88. The van der Waals surface area contributed by atoms with Crippen LogP contribution in [0.1, 0.15) is 18.1 Å². The third-order valence-electron chi connectivity index (χ3n) is 5.63. The Morgan fingerprint density at radius 3 is 2.45 bits per heavy atom. The number of rotatable bonds is 8. The lowest BCUT2D eigenvalue weighted by molar-refractivity contribution is 0.253. The SMILES string of the molecule is Cc1oc(CNCCCN2CCN(c3ccc(Cl)cc3)CC2)nc1-c1ccc(F)cc1. The van der Waals surface area contributed by atoms with Gasteiger partial charge in [-0.15, -0.1) is 0 Å². The van der Waals surface area contributed by atoms with E-state index in [0.717, 1.165) is 67.7 Å². The van der Waals surface area contributed by atoms with Crippen LogP contribution in [0.2, 0.25) is 5.02 Å². The topological polar surface area (TPSA) is 44.5 Å². The molecule has 2 heterocycles. The van der Waals surface area contributed by atoms with E-state index in [1.165, 1.54) is 17.8 Å². The summed E-state index contributed by atoms with van der Waals surface area (Å²) in [6.45, 7) is 8.68. The summed E-state index contributed by atoms with van der Waals surface area (Å²) in [5.74, 6) is 1.16. The zero-order valence-corrected chi connectivity index (χ0v) is 18.5. The Morgan fingerprint density at radius 1 is 1.03 bits per heavy atom. The van der Waals surface area contributed by atoms with Crippen LogP contribution in [-0.4, -0.2) is 49.2 Å². The molecule has 1 aliphatic rings. The maximum atomic E-state index is 13.1. The van der Waals surface area contributed by atoms with E-state index in [9.17, 15) is 4.39 Å². The molecule has 1 aromatic heterocycles.